The molecule has 2 rings (SSSR count). The number of nitrogens with two attached hydrogens (primary N) is 2. The summed E-state index contributed by atoms with van der Waals surface area (Å²) in [6.07, 6.45) is 1.73. The van der Waals surface area contributed by atoms with Crippen molar-refractivity contribution in [3.05, 3.63) is 28.9 Å². The third-order valence-electron chi connectivity index (χ3n) is 1.98. The number of hydrogen-bond donors (Lipinski definition) is 2. The van der Waals surface area contributed by atoms with Crippen molar-refractivity contribution < 1.29 is 5.41 Å². The number of nitrogens with zero attached hydrogens (tertiary/aromatic N) is 3. The first kappa shape index (κ1) is 13.0. The molecule has 0 aliphatic heterocycles. The van der Waals surface area contributed by atoms with Crippen LogP contribution in [0.5, 0.6) is 0 Å². The highest BCUT2D eigenvalue weighted by molar-refractivity contribution is 9.10. The molecule has 0 fully saturated rings. The average Bonchev–Trinajstić information content (AvgIpc) is 2.27. The van der Waals surface area contributed by atoms with Gasteiger partial charge in [0.25, 0.3) is 0 Å². The molecule has 4 N–H and O–H groups in total. The second kappa shape index (κ2) is 5.45. The Hall–Kier alpha value is -1.47. The minimum absolute atomic E-state index is 0.366. The normalized spacial score (nSPS) is 11.8. The lowest BCUT2D eigenvalue weighted by Gasteiger charge is -2.00. The van der Waals surface area contributed by atoms with Gasteiger partial charge in [-0.05, 0) is 34.1 Å². The van der Waals surface area contributed by atoms with Gasteiger partial charge < -0.3 is 5.73 Å². The van der Waals surface area contributed by atoms with Crippen LogP contribution in [0.25, 0.3) is 11.0 Å². The van der Waals surface area contributed by atoms with Crippen LogP contribution in [0.1, 0.15) is 6.92 Å². The number of aromatic nitrogens is 2. The summed E-state index contributed by atoms with van der Waals surface area (Å²) in [6, 6.07) is 5.50. The van der Waals surface area contributed by atoms with Crippen molar-refractivity contribution in [2.75, 3.05) is 0 Å². The zero-order valence-corrected chi connectivity index (χ0v) is 12.0. The molecule has 0 aliphatic carbocycles. The molecular formula is C11H11BrN5S+. The molecule has 0 unspecified atom stereocenters. The van der Waals surface area contributed by atoms with Gasteiger partial charge in [0.2, 0.25) is 5.04 Å². The summed E-state index contributed by atoms with van der Waals surface area (Å²) in [5.74, 6) is 0.536. The smallest absolute Gasteiger partial charge is 0.211 e. The summed E-state index contributed by atoms with van der Waals surface area (Å²) in [5, 5.41) is 6.55. The predicted octanol–water partition coefficient (Wildman–Crippen LogP) is 1.25. The number of thioether (sulfide) groups is 1. The van der Waals surface area contributed by atoms with Crippen molar-refractivity contribution in [1.29, 1.82) is 0 Å². The van der Waals surface area contributed by atoms with Crippen LogP contribution >= 0.6 is 27.7 Å². The zero-order chi connectivity index (χ0) is 13.1. The first-order chi connectivity index (χ1) is 8.54. The Kier molecular flexibility index (Phi) is 3.93. The quantitative estimate of drug-likeness (QED) is 0.610. The Labute approximate surface area is 117 Å². The number of amidine groups is 1. The Bertz CT molecular complexity index is 640. The van der Waals surface area contributed by atoms with Gasteiger partial charge in [-0.1, -0.05) is 0 Å². The van der Waals surface area contributed by atoms with Gasteiger partial charge >= 0.3 is 0 Å². The maximum absolute atomic E-state index is 5.73. The van der Waals surface area contributed by atoms with Gasteiger partial charge in [0.1, 0.15) is 0 Å². The van der Waals surface area contributed by atoms with Crippen LogP contribution < -0.4 is 11.1 Å². The van der Waals surface area contributed by atoms with Crippen LogP contribution in [-0.2, 0) is 0 Å². The Balaban J connectivity index is 2.37. The molecule has 2 aromatic heterocycles. The van der Waals surface area contributed by atoms with Crippen LogP contribution in [-0.4, -0.2) is 20.2 Å². The van der Waals surface area contributed by atoms with Crippen LogP contribution in [0, 0.1) is 0 Å². The topological polar surface area (TPSA) is 89.8 Å². The molecule has 0 saturated heterocycles. The highest BCUT2D eigenvalue weighted by atomic mass is 79.9. The maximum atomic E-state index is 5.73. The second-order valence-corrected chi connectivity index (χ2v) is 5.71. The van der Waals surface area contributed by atoms with Gasteiger partial charge in [-0.25, -0.2) is 9.98 Å². The van der Waals surface area contributed by atoms with Gasteiger partial charge in [0, 0.05) is 29.4 Å². The summed E-state index contributed by atoms with van der Waals surface area (Å²) in [4.78, 5) is 12.8. The minimum Gasteiger partial charge on any atom is -0.378 e. The fourth-order valence-corrected chi connectivity index (χ4v) is 2.12. The molecule has 0 atom stereocenters. The van der Waals surface area contributed by atoms with E-state index < -0.39 is 0 Å². The molecule has 0 radical (unpaired) electrons. The summed E-state index contributed by atoms with van der Waals surface area (Å²) in [7, 11) is 0. The van der Waals surface area contributed by atoms with E-state index in [0.29, 0.717) is 16.0 Å². The van der Waals surface area contributed by atoms with Crippen LogP contribution in [0.15, 0.2) is 33.9 Å². The molecule has 92 valence electrons. The van der Waals surface area contributed by atoms with Crippen molar-refractivity contribution in [2.45, 2.75) is 6.92 Å². The zero-order valence-electron chi connectivity index (χ0n) is 9.59. The minimum atomic E-state index is 0.366. The molecule has 0 aliphatic rings. The van der Waals surface area contributed by atoms with Crippen molar-refractivity contribution in [2.24, 2.45) is 10.7 Å². The first-order valence-electron chi connectivity index (χ1n) is 5.08. The molecule has 0 spiro atoms. The number of aliphatic imine (C=N–C) groups is 1. The van der Waals surface area contributed by atoms with E-state index in [1.165, 1.54) is 11.8 Å². The van der Waals surface area contributed by atoms with Crippen LogP contribution in [0.3, 0.4) is 0 Å². The predicted molar refractivity (Wildman–Crippen MR) is 78.7 cm³/mol. The second-order valence-electron chi connectivity index (χ2n) is 3.52. The molecule has 18 heavy (non-hydrogen) atoms. The van der Waals surface area contributed by atoms with Gasteiger partial charge in [-0.3, -0.25) is 10.4 Å². The summed E-state index contributed by atoms with van der Waals surface area (Å²) in [6.45, 7) is 1.77. The molecule has 0 aromatic carbocycles. The molecule has 0 bridgehead atoms. The highest BCUT2D eigenvalue weighted by Crippen LogP contribution is 2.19. The fraction of sp³-hybridized carbons (Fsp3) is 0.0909. The molecule has 7 heteroatoms. The van der Waals surface area contributed by atoms with Gasteiger partial charge in [-0.15, -0.1) is 0 Å². The number of fused-ring (bicyclic) bond motifs is 1. The summed E-state index contributed by atoms with van der Waals surface area (Å²) < 4.78 is 0.872. The number of rotatable bonds is 1. The Morgan fingerprint density at radius 1 is 1.44 bits per heavy atom. The van der Waals surface area contributed by atoms with E-state index in [9.17, 15) is 0 Å². The van der Waals surface area contributed by atoms with Crippen LogP contribution in [0.4, 0.5) is 5.82 Å². The largest absolute Gasteiger partial charge is 0.378 e. The molecule has 0 saturated carbocycles. The van der Waals surface area contributed by atoms with Crippen LogP contribution in [0.2, 0.25) is 0 Å². The number of hydrogen-bond acceptors (Lipinski definition) is 4. The van der Waals surface area contributed by atoms with E-state index in [0.717, 1.165) is 15.5 Å². The Morgan fingerprint density at radius 2 is 2.22 bits per heavy atom. The standard InChI is InChI=1S/C11H10BrN5S/c1-6(13)18-11(14)17-10-3-2-8-9(16-10)4-7(12)5-15-8/h2-5,13H,1H3,(H2,14,16,17)/p+1. The van der Waals surface area contributed by atoms with E-state index in [-0.39, 0.29) is 0 Å². The molecule has 2 aromatic rings. The van der Waals surface area contributed by atoms with E-state index in [2.05, 4.69) is 30.9 Å². The Morgan fingerprint density at radius 3 is 2.94 bits per heavy atom. The third kappa shape index (κ3) is 3.27. The van der Waals surface area contributed by atoms with Crippen molar-refractivity contribution >= 4 is 54.8 Å². The third-order valence-corrected chi connectivity index (χ3v) is 3.04. The van der Waals surface area contributed by atoms with Crippen molar-refractivity contribution in [3.63, 3.8) is 0 Å². The van der Waals surface area contributed by atoms with Crippen molar-refractivity contribution in [1.82, 2.24) is 9.97 Å². The lowest BCUT2D eigenvalue weighted by molar-refractivity contribution is -0.109. The van der Waals surface area contributed by atoms with Gasteiger partial charge in [-0.2, -0.15) is 0 Å². The first-order valence-corrected chi connectivity index (χ1v) is 6.69. The molecule has 0 amide bonds. The monoisotopic (exact) mass is 324 g/mol. The van der Waals surface area contributed by atoms with E-state index >= 15 is 0 Å². The summed E-state index contributed by atoms with van der Waals surface area (Å²) >= 11 is 4.57. The van der Waals surface area contributed by atoms with Gasteiger partial charge in [0.05, 0.1) is 11.0 Å². The molecule has 2 heterocycles. The van der Waals surface area contributed by atoms with Crippen molar-refractivity contribution in [3.8, 4) is 0 Å². The summed E-state index contributed by atoms with van der Waals surface area (Å²) in [5.41, 5.74) is 7.30. The maximum Gasteiger partial charge on any atom is 0.211 e. The lowest BCUT2D eigenvalue weighted by Crippen LogP contribution is -2.36. The van der Waals surface area contributed by atoms with E-state index in [4.69, 9.17) is 11.1 Å². The molecular weight excluding hydrogens is 314 g/mol. The lowest BCUT2D eigenvalue weighted by atomic mass is 10.3. The highest BCUT2D eigenvalue weighted by Gasteiger charge is 2.03. The number of halogens is 1. The SMILES string of the molecule is CC(=[NH2+])SC(N)=Nc1ccc2ncc(Br)cc2n1. The fourth-order valence-electron chi connectivity index (χ4n) is 1.33. The number of pyridine rings is 2. The van der Waals surface area contributed by atoms with E-state index in [1.54, 1.807) is 19.2 Å². The van der Waals surface area contributed by atoms with Gasteiger partial charge in [0.15, 0.2) is 11.0 Å². The average molecular weight is 325 g/mol. The molecule has 5 nitrogen and oxygen atoms in total. The van der Waals surface area contributed by atoms with E-state index in [1.807, 2.05) is 12.1 Å².